The summed E-state index contributed by atoms with van der Waals surface area (Å²) < 4.78 is 0. The summed E-state index contributed by atoms with van der Waals surface area (Å²) in [5.74, 6) is 0.381. The molecule has 0 aliphatic heterocycles. The monoisotopic (exact) mass is 309 g/mol. The summed E-state index contributed by atoms with van der Waals surface area (Å²) in [4.78, 5) is 33.3. The molecule has 5 nitrogen and oxygen atoms in total. The fourth-order valence-electron chi connectivity index (χ4n) is 2.86. The molecule has 0 radical (unpaired) electrons. The highest BCUT2D eigenvalue weighted by atomic mass is 32.2. The van der Waals surface area contributed by atoms with E-state index >= 15 is 0 Å². The molecule has 0 bridgehead atoms. The molecule has 1 N–H and O–H groups in total. The van der Waals surface area contributed by atoms with Gasteiger partial charge in [0.1, 0.15) is 0 Å². The minimum atomic E-state index is -0.0444. The number of thioether (sulfide) groups is 1. The zero-order valence-corrected chi connectivity index (χ0v) is 13.9. The third-order valence-corrected chi connectivity index (χ3v) is 4.51. The minimum Gasteiger partial charge on any atom is -0.337 e. The summed E-state index contributed by atoms with van der Waals surface area (Å²) in [7, 11) is 0. The number of carbonyl (C=O) groups excluding carboxylic acids is 1. The minimum absolute atomic E-state index is 0.0444. The van der Waals surface area contributed by atoms with Gasteiger partial charge >= 0.3 is 0 Å². The van der Waals surface area contributed by atoms with Gasteiger partial charge in [0.25, 0.3) is 5.56 Å². The molecule has 1 aromatic rings. The Hall–Kier alpha value is -1.30. The second-order valence-electron chi connectivity index (χ2n) is 5.93. The highest BCUT2D eigenvalue weighted by Crippen LogP contribution is 2.20. The van der Waals surface area contributed by atoms with Crippen molar-refractivity contribution in [1.29, 1.82) is 0 Å². The van der Waals surface area contributed by atoms with Crippen LogP contribution in [0.5, 0.6) is 0 Å². The van der Waals surface area contributed by atoms with Crippen molar-refractivity contribution in [2.24, 2.45) is 0 Å². The molecule has 6 heteroatoms. The van der Waals surface area contributed by atoms with Crippen LogP contribution in [-0.4, -0.2) is 38.6 Å². The van der Waals surface area contributed by atoms with Crippen LogP contribution in [0.2, 0.25) is 0 Å². The molecule has 0 fully saturated rings. The number of hydrogen-bond donors (Lipinski definition) is 1. The van der Waals surface area contributed by atoms with Crippen LogP contribution in [0, 0.1) is 0 Å². The number of fused-ring (bicyclic) bond motifs is 1. The van der Waals surface area contributed by atoms with Gasteiger partial charge in [0, 0.05) is 17.6 Å². The van der Waals surface area contributed by atoms with E-state index in [0.29, 0.717) is 10.9 Å². The lowest BCUT2D eigenvalue weighted by Crippen LogP contribution is -2.43. The first-order valence-electron chi connectivity index (χ1n) is 7.46. The van der Waals surface area contributed by atoms with Gasteiger partial charge in [0.15, 0.2) is 5.16 Å². The van der Waals surface area contributed by atoms with Crippen molar-refractivity contribution in [2.45, 2.75) is 64.2 Å². The molecule has 0 saturated heterocycles. The zero-order valence-electron chi connectivity index (χ0n) is 13.1. The quantitative estimate of drug-likeness (QED) is 0.667. The summed E-state index contributed by atoms with van der Waals surface area (Å²) in [6, 6.07) is 0.343. The van der Waals surface area contributed by atoms with E-state index in [9.17, 15) is 9.59 Å². The Bertz CT molecular complexity index is 573. The van der Waals surface area contributed by atoms with Crippen LogP contribution in [0.3, 0.4) is 0 Å². The predicted octanol–water partition coefficient (Wildman–Crippen LogP) is 2.00. The van der Waals surface area contributed by atoms with E-state index in [-0.39, 0.29) is 23.6 Å². The van der Waals surface area contributed by atoms with Crippen molar-refractivity contribution >= 4 is 17.7 Å². The lowest BCUT2D eigenvalue weighted by Gasteiger charge is -2.30. The fourth-order valence-corrected chi connectivity index (χ4v) is 3.61. The molecule has 0 aromatic carbocycles. The number of rotatable bonds is 5. The maximum absolute atomic E-state index is 12.3. The van der Waals surface area contributed by atoms with Gasteiger partial charge in [-0.3, -0.25) is 9.59 Å². The summed E-state index contributed by atoms with van der Waals surface area (Å²) in [5.41, 5.74) is 1.67. The smallest absolute Gasteiger partial charge is 0.254 e. The topological polar surface area (TPSA) is 66.1 Å². The predicted molar refractivity (Wildman–Crippen MR) is 84.7 cm³/mol. The molecule has 0 spiro atoms. The van der Waals surface area contributed by atoms with Gasteiger partial charge in [0.2, 0.25) is 5.91 Å². The van der Waals surface area contributed by atoms with E-state index in [1.165, 1.54) is 11.8 Å². The number of aromatic nitrogens is 2. The van der Waals surface area contributed by atoms with Crippen LogP contribution < -0.4 is 5.56 Å². The molecule has 1 heterocycles. The highest BCUT2D eigenvalue weighted by Gasteiger charge is 2.21. The molecule has 0 unspecified atom stereocenters. The molecular formula is C15H23N3O2S. The maximum atomic E-state index is 12.3. The Morgan fingerprint density at radius 1 is 1.29 bits per heavy atom. The standard InChI is InChI=1S/C15H23N3O2S/c1-9(2)18(10(3)4)13(19)8-21-15-16-12-7-5-6-11(12)14(20)17-15/h9-10H,5-8H2,1-4H3,(H,16,17,20). The summed E-state index contributed by atoms with van der Waals surface area (Å²) >= 11 is 1.31. The number of aromatic amines is 1. The molecule has 0 atom stereocenters. The Morgan fingerprint density at radius 2 is 1.95 bits per heavy atom. The Labute approximate surface area is 129 Å². The van der Waals surface area contributed by atoms with Crippen LogP contribution >= 0.6 is 11.8 Å². The molecule has 0 saturated carbocycles. The highest BCUT2D eigenvalue weighted by molar-refractivity contribution is 7.99. The number of amides is 1. The van der Waals surface area contributed by atoms with Crippen molar-refractivity contribution in [3.8, 4) is 0 Å². The number of hydrogen-bond acceptors (Lipinski definition) is 4. The van der Waals surface area contributed by atoms with Crippen LogP contribution in [0.4, 0.5) is 0 Å². The van der Waals surface area contributed by atoms with Gasteiger partial charge in [-0.1, -0.05) is 11.8 Å². The molecule has 1 aromatic heterocycles. The van der Waals surface area contributed by atoms with Gasteiger partial charge in [-0.2, -0.15) is 0 Å². The van der Waals surface area contributed by atoms with Crippen molar-refractivity contribution in [3.05, 3.63) is 21.6 Å². The number of nitrogens with zero attached hydrogens (tertiary/aromatic N) is 2. The van der Waals surface area contributed by atoms with Crippen molar-refractivity contribution < 1.29 is 4.79 Å². The third-order valence-electron chi connectivity index (χ3n) is 3.65. The maximum Gasteiger partial charge on any atom is 0.254 e. The van der Waals surface area contributed by atoms with Gasteiger partial charge in [-0.15, -0.1) is 0 Å². The lowest BCUT2D eigenvalue weighted by atomic mass is 10.2. The van der Waals surface area contributed by atoms with Crippen molar-refractivity contribution in [1.82, 2.24) is 14.9 Å². The second-order valence-corrected chi connectivity index (χ2v) is 6.89. The first-order valence-corrected chi connectivity index (χ1v) is 8.44. The Balaban J connectivity index is 2.05. The summed E-state index contributed by atoms with van der Waals surface area (Å²) in [6.45, 7) is 8.05. The van der Waals surface area contributed by atoms with E-state index in [1.54, 1.807) is 0 Å². The third kappa shape index (κ3) is 3.67. The second kappa shape index (κ2) is 6.64. The van der Waals surface area contributed by atoms with E-state index in [1.807, 2.05) is 32.6 Å². The first-order chi connectivity index (χ1) is 9.90. The normalized spacial score (nSPS) is 13.8. The van der Waals surface area contributed by atoms with Crippen LogP contribution in [0.1, 0.15) is 45.4 Å². The van der Waals surface area contributed by atoms with Gasteiger partial charge in [-0.05, 0) is 47.0 Å². The van der Waals surface area contributed by atoms with Gasteiger partial charge < -0.3 is 9.88 Å². The largest absolute Gasteiger partial charge is 0.337 e. The van der Waals surface area contributed by atoms with Gasteiger partial charge in [0.05, 0.1) is 11.4 Å². The zero-order chi connectivity index (χ0) is 15.6. The first kappa shape index (κ1) is 16.1. The molecule has 116 valence electrons. The average Bonchev–Trinajstić information content (AvgIpc) is 2.84. The van der Waals surface area contributed by atoms with Crippen LogP contribution in [0.15, 0.2) is 9.95 Å². The van der Waals surface area contributed by atoms with E-state index in [2.05, 4.69) is 9.97 Å². The number of nitrogens with one attached hydrogen (secondary N) is 1. The summed E-state index contributed by atoms with van der Waals surface area (Å²) in [5, 5.41) is 0.557. The van der Waals surface area contributed by atoms with Crippen molar-refractivity contribution in [2.75, 3.05) is 5.75 Å². The Morgan fingerprint density at radius 3 is 2.57 bits per heavy atom. The number of aryl methyl sites for hydroxylation is 1. The molecule has 21 heavy (non-hydrogen) atoms. The van der Waals surface area contributed by atoms with E-state index < -0.39 is 0 Å². The number of H-pyrrole nitrogens is 1. The molecule has 1 aliphatic carbocycles. The van der Waals surface area contributed by atoms with Crippen LogP contribution in [0.25, 0.3) is 0 Å². The Kier molecular flexibility index (Phi) is 5.08. The SMILES string of the molecule is CC(C)N(C(=O)CSc1nc2c(c(=O)[nH]1)CCC2)C(C)C. The number of carbonyl (C=O) groups is 1. The molecule has 1 amide bonds. The molecule has 1 aliphatic rings. The molecular weight excluding hydrogens is 286 g/mol. The average molecular weight is 309 g/mol. The van der Waals surface area contributed by atoms with Crippen molar-refractivity contribution in [3.63, 3.8) is 0 Å². The van der Waals surface area contributed by atoms with E-state index in [0.717, 1.165) is 30.5 Å². The van der Waals surface area contributed by atoms with Gasteiger partial charge in [-0.25, -0.2) is 4.98 Å². The summed E-state index contributed by atoms with van der Waals surface area (Å²) in [6.07, 6.45) is 2.67. The fraction of sp³-hybridized carbons (Fsp3) is 0.667. The van der Waals surface area contributed by atoms with E-state index in [4.69, 9.17) is 0 Å². The van der Waals surface area contributed by atoms with Crippen LogP contribution in [-0.2, 0) is 17.6 Å². The lowest BCUT2D eigenvalue weighted by molar-refractivity contribution is -0.131. The molecule has 2 rings (SSSR count).